The summed E-state index contributed by atoms with van der Waals surface area (Å²) < 4.78 is 17.9. The Balaban J connectivity index is 3.37. The highest BCUT2D eigenvalue weighted by atomic mass is 16.5. The average molecular weight is 92.1 g/mol. The van der Waals surface area contributed by atoms with Gasteiger partial charge >= 0.3 is 0 Å². The smallest absolute Gasteiger partial charge is 0.211 e. The number of methoxy groups -OCH3 is 1. The van der Waals surface area contributed by atoms with Crippen molar-refractivity contribution in [2.24, 2.45) is 0 Å². The lowest BCUT2D eigenvalue weighted by Crippen LogP contribution is -2.07. The van der Waals surface area contributed by atoms with Crippen molar-refractivity contribution in [3.05, 3.63) is 0 Å². The van der Waals surface area contributed by atoms with Gasteiger partial charge in [-0.05, 0) is 6.92 Å². The Hall–Kier alpha value is -0.0800. The van der Waals surface area contributed by atoms with E-state index in [2.05, 4.69) is 9.85 Å². The summed E-state index contributed by atoms with van der Waals surface area (Å²) in [5.74, 6) is 0. The molecule has 1 N–H and O–H groups in total. The topological polar surface area (TPSA) is 29.5 Å². The van der Waals surface area contributed by atoms with E-state index in [0.29, 0.717) is 0 Å². The number of aliphatic hydroxyl groups is 1. The van der Waals surface area contributed by atoms with Crippen molar-refractivity contribution in [3.63, 3.8) is 0 Å². The van der Waals surface area contributed by atoms with Crippen LogP contribution in [0.5, 0.6) is 0 Å². The van der Waals surface area contributed by atoms with Crippen molar-refractivity contribution in [2.45, 2.75) is 13.0 Å². The first-order valence-corrected chi connectivity index (χ1v) is 1.75. The van der Waals surface area contributed by atoms with Crippen molar-refractivity contribution in [2.75, 3.05) is 13.7 Å². The zero-order chi connectivity index (χ0) is 6.62. The monoisotopic (exact) mass is 92.1 g/mol. The van der Waals surface area contributed by atoms with Gasteiger partial charge in [0.25, 0.3) is 0 Å². The van der Waals surface area contributed by atoms with E-state index in [1.807, 2.05) is 0 Å². The Morgan fingerprint density at radius 1 is 2.33 bits per heavy atom. The van der Waals surface area contributed by atoms with Gasteiger partial charge in [0.05, 0.1) is 14.1 Å². The molecule has 0 heterocycles. The van der Waals surface area contributed by atoms with Gasteiger partial charge in [0.15, 0.2) is 0 Å². The van der Waals surface area contributed by atoms with E-state index in [0.717, 1.165) is 0 Å². The first-order valence-electron chi connectivity index (χ1n) is 2.66. The minimum atomic E-state index is -1.21. The summed E-state index contributed by atoms with van der Waals surface area (Å²) in [7, 11) is 1.46. The second-order valence-corrected chi connectivity index (χ2v) is 1.14. The van der Waals surface area contributed by atoms with E-state index in [4.69, 9.17) is 2.80 Å². The van der Waals surface area contributed by atoms with Gasteiger partial charge in [0.1, 0.15) is 0 Å². The summed E-state index contributed by atoms with van der Waals surface area (Å²) in [5, 5.41) is 3.97. The Bertz CT molecular complexity index is 65.1. The van der Waals surface area contributed by atoms with Crippen LogP contribution in [-0.4, -0.2) is 26.3 Å². The highest BCUT2D eigenvalue weighted by Crippen LogP contribution is 1.75. The van der Waals surface area contributed by atoms with Crippen LogP contribution < -0.4 is 0 Å². The third-order valence-electron chi connectivity index (χ3n) is 0.348. The van der Waals surface area contributed by atoms with Crippen LogP contribution in [0.1, 0.15) is 8.29 Å². The first kappa shape index (κ1) is 2.99. The average Bonchev–Trinajstić information content (AvgIpc) is 1.67. The molecule has 0 radical (unpaired) electrons. The van der Waals surface area contributed by atoms with E-state index in [-0.39, 0.29) is 6.61 Å². The maximum absolute atomic E-state index is 7.04. The summed E-state index contributed by atoms with van der Waals surface area (Å²) in [6.07, 6.45) is -1.21. The van der Waals surface area contributed by atoms with Gasteiger partial charge in [0, 0.05) is 7.11 Å². The summed E-state index contributed by atoms with van der Waals surface area (Å²) in [6.45, 7) is 1.58. The van der Waals surface area contributed by atoms with Crippen LogP contribution in [0.15, 0.2) is 0 Å². The Labute approximate surface area is 40.6 Å². The standard InChI is InChI=1S/C4H10O2/c1-4(5)3-6-2/h4-5H,3H2,1-2H3/i4D,5D. The zero-order valence-electron chi connectivity index (χ0n) is 6.02. The lowest BCUT2D eigenvalue weighted by Gasteiger charge is -1.97. The Morgan fingerprint density at radius 2 is 3.00 bits per heavy atom. The predicted molar refractivity (Wildman–Crippen MR) is 23.6 cm³/mol. The molecule has 6 heavy (non-hydrogen) atoms. The van der Waals surface area contributed by atoms with Crippen LogP contribution in [0.25, 0.3) is 0 Å². The number of rotatable bonds is 3. The second-order valence-electron chi connectivity index (χ2n) is 1.14. The molecule has 0 saturated heterocycles. The molecule has 0 amide bonds. The SMILES string of the molecule is [2H]OC([2H])(C)COC. The van der Waals surface area contributed by atoms with E-state index >= 15 is 0 Å². The number of ether oxygens (including phenoxy) is 1. The lowest BCUT2D eigenvalue weighted by molar-refractivity contribution is 0.0765. The number of hydrogen-bond donors (Lipinski definition) is 1. The van der Waals surface area contributed by atoms with Gasteiger partial charge in [-0.2, -0.15) is 0 Å². The lowest BCUT2D eigenvalue weighted by atomic mass is 10.5. The van der Waals surface area contributed by atoms with Crippen LogP contribution in [0.3, 0.4) is 0 Å². The van der Waals surface area contributed by atoms with Crippen molar-refractivity contribution >= 4 is 0 Å². The van der Waals surface area contributed by atoms with E-state index in [9.17, 15) is 0 Å². The first-order chi connectivity index (χ1) is 3.62. The van der Waals surface area contributed by atoms with Crippen molar-refractivity contribution in [1.29, 1.82) is 1.43 Å². The van der Waals surface area contributed by atoms with Crippen molar-refractivity contribution in [3.8, 4) is 0 Å². The Morgan fingerprint density at radius 3 is 3.17 bits per heavy atom. The van der Waals surface area contributed by atoms with Crippen LogP contribution >= 0.6 is 0 Å². The molecular weight excluding hydrogens is 80.0 g/mol. The van der Waals surface area contributed by atoms with Crippen molar-refractivity contribution < 1.29 is 11.2 Å². The molecule has 0 bridgehead atoms. The molecule has 0 spiro atoms. The molecule has 0 aromatic rings. The highest BCUT2D eigenvalue weighted by molar-refractivity contribution is 4.36. The fraction of sp³-hybridized carbons (Fsp3) is 1.00. The summed E-state index contributed by atoms with van der Waals surface area (Å²) in [6, 6.07) is 0. The van der Waals surface area contributed by atoms with Crippen LogP contribution in [-0.2, 0) is 4.74 Å². The maximum atomic E-state index is 7.04. The minimum absolute atomic E-state index is 0.122. The highest BCUT2D eigenvalue weighted by Gasteiger charge is 1.87. The summed E-state index contributed by atoms with van der Waals surface area (Å²) in [5.41, 5.74) is 0. The zero-order valence-corrected chi connectivity index (χ0v) is 4.02. The fourth-order valence-electron chi connectivity index (χ4n) is 0.203. The third-order valence-corrected chi connectivity index (χ3v) is 0.348. The van der Waals surface area contributed by atoms with Gasteiger partial charge in [-0.15, -0.1) is 0 Å². The molecule has 0 aliphatic rings. The molecule has 38 valence electrons. The van der Waals surface area contributed by atoms with Gasteiger partial charge in [-0.25, -0.2) is 0 Å². The van der Waals surface area contributed by atoms with E-state index in [1.165, 1.54) is 14.0 Å². The molecule has 0 aliphatic heterocycles. The van der Waals surface area contributed by atoms with E-state index < -0.39 is 6.08 Å². The van der Waals surface area contributed by atoms with Gasteiger partial charge in [-0.3, -0.25) is 0 Å². The molecule has 0 aromatic carbocycles. The van der Waals surface area contributed by atoms with E-state index in [1.54, 1.807) is 0 Å². The molecular formula is C4H10O2. The van der Waals surface area contributed by atoms with Crippen LogP contribution in [0.4, 0.5) is 0 Å². The summed E-state index contributed by atoms with van der Waals surface area (Å²) >= 11 is 0. The quantitative estimate of drug-likeness (QED) is 0.531. The minimum Gasteiger partial charge on any atom is -0.391 e. The van der Waals surface area contributed by atoms with Crippen LogP contribution in [0, 0.1) is 0 Å². The molecule has 2 nitrogen and oxygen atoms in total. The molecule has 2 heteroatoms. The molecule has 0 rings (SSSR count). The molecule has 0 aromatic heterocycles. The van der Waals surface area contributed by atoms with Gasteiger partial charge in [0.2, 0.25) is 1.43 Å². The third kappa shape index (κ3) is 3.92. The molecule has 0 fully saturated rings. The molecule has 1 unspecified atom stereocenters. The molecule has 0 aliphatic carbocycles. The normalized spacial score (nSPS) is 24.3. The Kier molecular flexibility index (Phi) is 1.56. The molecule has 0 saturated carbocycles. The largest absolute Gasteiger partial charge is 0.391 e. The maximum Gasteiger partial charge on any atom is 0.211 e. The predicted octanol–water partition coefficient (Wildman–Crippen LogP) is 0.0136. The van der Waals surface area contributed by atoms with Crippen molar-refractivity contribution in [1.82, 2.24) is 0 Å². The number of hydrogen-bond acceptors (Lipinski definition) is 2. The van der Waals surface area contributed by atoms with Gasteiger partial charge < -0.3 is 9.85 Å². The van der Waals surface area contributed by atoms with Crippen LogP contribution in [0.2, 0.25) is 0 Å². The second kappa shape index (κ2) is 3.12. The summed E-state index contributed by atoms with van der Waals surface area (Å²) in [4.78, 5) is 0. The van der Waals surface area contributed by atoms with Gasteiger partial charge in [-0.1, -0.05) is 0 Å². The fourth-order valence-corrected chi connectivity index (χ4v) is 0.203. The molecule has 1 atom stereocenters.